The van der Waals surface area contributed by atoms with Crippen molar-refractivity contribution in [1.82, 2.24) is 9.80 Å². The van der Waals surface area contributed by atoms with Crippen molar-refractivity contribution in [2.24, 2.45) is 0 Å². The monoisotopic (exact) mass is 426 g/mol. The average Bonchev–Trinajstić information content (AvgIpc) is 3.23. The molecule has 2 aromatic rings. The summed E-state index contributed by atoms with van der Waals surface area (Å²) >= 11 is 0. The van der Waals surface area contributed by atoms with Crippen molar-refractivity contribution in [2.45, 2.75) is 39.3 Å². The Morgan fingerprint density at radius 3 is 2.39 bits per heavy atom. The van der Waals surface area contributed by atoms with Gasteiger partial charge in [0.25, 0.3) is 0 Å². The minimum absolute atomic E-state index is 0.0106. The number of ether oxygens (including phenoxy) is 3. The van der Waals surface area contributed by atoms with Crippen molar-refractivity contribution in [3.05, 3.63) is 52.6 Å². The highest BCUT2D eigenvalue weighted by atomic mass is 16.5. The molecule has 1 amide bonds. The highest BCUT2D eigenvalue weighted by Gasteiger charge is 2.32. The number of methoxy groups -OCH3 is 3. The summed E-state index contributed by atoms with van der Waals surface area (Å²) < 4.78 is 16.4. The summed E-state index contributed by atoms with van der Waals surface area (Å²) in [6, 6.07) is 10.1. The van der Waals surface area contributed by atoms with Gasteiger partial charge in [0.1, 0.15) is 17.2 Å². The molecule has 0 saturated carbocycles. The molecule has 3 rings (SSSR count). The van der Waals surface area contributed by atoms with E-state index in [9.17, 15) is 4.79 Å². The molecule has 0 bridgehead atoms. The molecule has 1 aliphatic heterocycles. The maximum Gasteiger partial charge on any atom is 0.237 e. The first kappa shape index (κ1) is 22.9. The molecule has 1 fully saturated rings. The summed E-state index contributed by atoms with van der Waals surface area (Å²) in [6.07, 6.45) is 1.91. The standard InChI is InChI=1S/C25H34N2O4/c1-17-12-19(13-18(2)25(17)31-6)15-26(3)16-24(28)27-11-7-8-22(27)21-14-20(29-4)9-10-23(21)30-5/h9-10,12-14,22H,7-8,11,15-16H2,1-6H3. The van der Waals surface area contributed by atoms with Crippen LogP contribution in [0.5, 0.6) is 17.2 Å². The zero-order valence-electron chi connectivity index (χ0n) is 19.5. The summed E-state index contributed by atoms with van der Waals surface area (Å²) in [7, 11) is 7.01. The molecule has 1 atom stereocenters. The maximum atomic E-state index is 13.2. The molecule has 1 unspecified atom stereocenters. The number of nitrogens with zero attached hydrogens (tertiary/aromatic N) is 2. The second-order valence-electron chi connectivity index (χ2n) is 8.29. The first-order chi connectivity index (χ1) is 14.9. The summed E-state index contributed by atoms with van der Waals surface area (Å²) in [6.45, 7) is 5.94. The fourth-order valence-electron chi connectivity index (χ4n) is 4.63. The van der Waals surface area contributed by atoms with Crippen LogP contribution >= 0.6 is 0 Å². The van der Waals surface area contributed by atoms with Gasteiger partial charge in [0, 0.05) is 18.7 Å². The van der Waals surface area contributed by atoms with E-state index in [1.165, 1.54) is 5.56 Å². The van der Waals surface area contributed by atoms with E-state index in [2.05, 4.69) is 30.9 Å². The van der Waals surface area contributed by atoms with Gasteiger partial charge in [0.05, 0.1) is 33.9 Å². The maximum absolute atomic E-state index is 13.2. The Morgan fingerprint density at radius 2 is 1.77 bits per heavy atom. The molecule has 6 heteroatoms. The zero-order valence-corrected chi connectivity index (χ0v) is 19.5. The Bertz CT molecular complexity index is 905. The average molecular weight is 427 g/mol. The van der Waals surface area contributed by atoms with Gasteiger partial charge in [-0.25, -0.2) is 0 Å². The first-order valence-electron chi connectivity index (χ1n) is 10.7. The summed E-state index contributed by atoms with van der Waals surface area (Å²) in [5.41, 5.74) is 4.42. The number of carbonyl (C=O) groups is 1. The van der Waals surface area contributed by atoms with E-state index in [1.807, 2.05) is 30.1 Å². The number of rotatable bonds is 8. The molecule has 168 valence electrons. The lowest BCUT2D eigenvalue weighted by molar-refractivity contribution is -0.133. The number of likely N-dealkylation sites (tertiary alicyclic amines) is 1. The minimum atomic E-state index is 0.0106. The van der Waals surface area contributed by atoms with E-state index in [1.54, 1.807) is 21.3 Å². The van der Waals surface area contributed by atoms with E-state index in [4.69, 9.17) is 14.2 Å². The Morgan fingerprint density at radius 1 is 1.06 bits per heavy atom. The van der Waals surface area contributed by atoms with Gasteiger partial charge in [0.15, 0.2) is 0 Å². The predicted octanol–water partition coefficient (Wildman–Crippen LogP) is 4.12. The van der Waals surface area contributed by atoms with Crippen molar-refractivity contribution in [3.8, 4) is 17.2 Å². The second kappa shape index (κ2) is 10.1. The van der Waals surface area contributed by atoms with Crippen LogP contribution in [0.1, 0.15) is 41.1 Å². The SMILES string of the molecule is COc1ccc(OC)c(C2CCCN2C(=O)CN(C)Cc2cc(C)c(OC)c(C)c2)c1. The predicted molar refractivity (Wildman–Crippen MR) is 122 cm³/mol. The van der Waals surface area contributed by atoms with Crippen LogP contribution in [0.25, 0.3) is 0 Å². The fraction of sp³-hybridized carbons (Fsp3) is 0.480. The number of carbonyl (C=O) groups excluding carboxylic acids is 1. The number of hydrogen-bond acceptors (Lipinski definition) is 5. The molecule has 2 aromatic carbocycles. The number of hydrogen-bond donors (Lipinski definition) is 0. The van der Waals surface area contributed by atoms with Crippen molar-refractivity contribution in [3.63, 3.8) is 0 Å². The third-order valence-electron chi connectivity index (χ3n) is 5.95. The highest BCUT2D eigenvalue weighted by Crippen LogP contribution is 2.39. The molecule has 0 spiro atoms. The number of likely N-dealkylation sites (N-methyl/N-ethyl adjacent to an activating group) is 1. The van der Waals surface area contributed by atoms with Gasteiger partial charge in [0.2, 0.25) is 5.91 Å². The molecule has 1 saturated heterocycles. The molecule has 6 nitrogen and oxygen atoms in total. The van der Waals surface area contributed by atoms with Crippen LogP contribution in [-0.2, 0) is 11.3 Å². The molecular weight excluding hydrogens is 392 g/mol. The van der Waals surface area contributed by atoms with Gasteiger partial charge in [-0.3, -0.25) is 9.69 Å². The Labute approximate surface area is 185 Å². The first-order valence-corrected chi connectivity index (χ1v) is 10.7. The van der Waals surface area contributed by atoms with Crippen LogP contribution in [0, 0.1) is 13.8 Å². The van der Waals surface area contributed by atoms with Gasteiger partial charge < -0.3 is 19.1 Å². The summed E-state index contributed by atoms with van der Waals surface area (Å²) in [5.74, 6) is 2.63. The largest absolute Gasteiger partial charge is 0.497 e. The third-order valence-corrected chi connectivity index (χ3v) is 5.95. The lowest BCUT2D eigenvalue weighted by Gasteiger charge is -2.28. The smallest absolute Gasteiger partial charge is 0.237 e. The van der Waals surface area contributed by atoms with E-state index in [-0.39, 0.29) is 11.9 Å². The van der Waals surface area contributed by atoms with Crippen LogP contribution in [0.3, 0.4) is 0 Å². The van der Waals surface area contributed by atoms with E-state index < -0.39 is 0 Å². The summed E-state index contributed by atoms with van der Waals surface area (Å²) in [5, 5.41) is 0. The Hall–Kier alpha value is -2.73. The van der Waals surface area contributed by atoms with Crippen LogP contribution in [0.2, 0.25) is 0 Å². The van der Waals surface area contributed by atoms with E-state index >= 15 is 0 Å². The molecule has 1 heterocycles. The van der Waals surface area contributed by atoms with Crippen LogP contribution in [0.15, 0.2) is 30.3 Å². The molecule has 0 aromatic heterocycles. The van der Waals surface area contributed by atoms with Crippen LogP contribution in [0.4, 0.5) is 0 Å². The zero-order chi connectivity index (χ0) is 22.5. The number of aryl methyl sites for hydroxylation is 2. The van der Waals surface area contributed by atoms with Gasteiger partial charge in [-0.1, -0.05) is 12.1 Å². The van der Waals surface area contributed by atoms with Crippen LogP contribution < -0.4 is 14.2 Å². The third kappa shape index (κ3) is 5.13. The second-order valence-corrected chi connectivity index (χ2v) is 8.29. The van der Waals surface area contributed by atoms with Crippen molar-refractivity contribution in [2.75, 3.05) is 41.5 Å². The lowest BCUT2D eigenvalue weighted by Crippen LogP contribution is -2.38. The molecule has 1 aliphatic rings. The van der Waals surface area contributed by atoms with E-state index in [0.29, 0.717) is 13.1 Å². The van der Waals surface area contributed by atoms with Crippen LogP contribution in [-0.4, -0.2) is 57.2 Å². The van der Waals surface area contributed by atoms with E-state index in [0.717, 1.165) is 53.3 Å². The number of benzene rings is 2. The van der Waals surface area contributed by atoms with Crippen molar-refractivity contribution in [1.29, 1.82) is 0 Å². The van der Waals surface area contributed by atoms with Crippen molar-refractivity contribution >= 4 is 5.91 Å². The van der Waals surface area contributed by atoms with Gasteiger partial charge in [-0.15, -0.1) is 0 Å². The molecule has 31 heavy (non-hydrogen) atoms. The lowest BCUT2D eigenvalue weighted by atomic mass is 10.0. The van der Waals surface area contributed by atoms with Gasteiger partial charge in [-0.2, -0.15) is 0 Å². The normalized spacial score (nSPS) is 16.0. The molecule has 0 aliphatic carbocycles. The highest BCUT2D eigenvalue weighted by molar-refractivity contribution is 5.79. The Balaban J connectivity index is 1.71. The van der Waals surface area contributed by atoms with Gasteiger partial charge >= 0.3 is 0 Å². The van der Waals surface area contributed by atoms with Gasteiger partial charge in [-0.05, 0) is 68.6 Å². The quantitative estimate of drug-likeness (QED) is 0.635. The Kier molecular flexibility index (Phi) is 7.44. The fourth-order valence-corrected chi connectivity index (χ4v) is 4.63. The molecule has 0 N–H and O–H groups in total. The molecule has 0 radical (unpaired) electrons. The number of amides is 1. The molecular formula is C25H34N2O4. The minimum Gasteiger partial charge on any atom is -0.497 e. The van der Waals surface area contributed by atoms with Crippen molar-refractivity contribution < 1.29 is 19.0 Å². The summed E-state index contributed by atoms with van der Waals surface area (Å²) in [4.78, 5) is 17.3. The topological polar surface area (TPSA) is 51.2 Å².